The van der Waals surface area contributed by atoms with E-state index in [9.17, 15) is 10.4 Å². The fraction of sp³-hybridized carbons (Fsp3) is 0.182. The molecule has 150 valence electrons. The van der Waals surface area contributed by atoms with Crippen molar-refractivity contribution in [3.05, 3.63) is 71.5 Å². The smallest absolute Gasteiger partial charge is 0.196 e. The molecule has 0 fully saturated rings. The Morgan fingerprint density at radius 2 is 2.00 bits per heavy atom. The van der Waals surface area contributed by atoms with Gasteiger partial charge in [-0.15, -0.1) is 10.2 Å². The summed E-state index contributed by atoms with van der Waals surface area (Å²) in [5.74, 6) is 0.569. The van der Waals surface area contributed by atoms with Crippen LogP contribution in [0.5, 0.6) is 0 Å². The number of thioether (sulfide) groups is 1. The average molecular weight is 417 g/mol. The van der Waals surface area contributed by atoms with Crippen molar-refractivity contribution in [3.8, 4) is 11.8 Å². The van der Waals surface area contributed by atoms with Crippen LogP contribution in [0.1, 0.15) is 17.0 Å². The summed E-state index contributed by atoms with van der Waals surface area (Å²) in [6, 6.07) is 15.9. The van der Waals surface area contributed by atoms with Gasteiger partial charge in [0.1, 0.15) is 23.7 Å². The number of benzene rings is 2. The molecule has 1 N–H and O–H groups in total. The molecular formula is C22H20N6OS. The first-order valence-electron chi connectivity index (χ1n) is 9.34. The van der Waals surface area contributed by atoms with Crippen LogP contribution >= 0.6 is 11.8 Å². The normalized spacial score (nSPS) is 12.1. The van der Waals surface area contributed by atoms with Gasteiger partial charge in [0.2, 0.25) is 0 Å². The van der Waals surface area contributed by atoms with Gasteiger partial charge in [-0.2, -0.15) is 5.26 Å². The number of rotatable bonds is 5. The number of nitriles is 1. The molecule has 2 aromatic heterocycles. The number of fused-ring (bicyclic) bond motifs is 1. The highest BCUT2D eigenvalue weighted by atomic mass is 32.2. The second-order valence-electron chi connectivity index (χ2n) is 6.98. The number of hydrogen-bond donors (Lipinski definition) is 1. The second kappa shape index (κ2) is 8.05. The molecule has 7 nitrogen and oxygen atoms in total. The zero-order valence-corrected chi connectivity index (χ0v) is 17.7. The van der Waals surface area contributed by atoms with Crippen LogP contribution in [0.4, 0.5) is 0 Å². The van der Waals surface area contributed by atoms with E-state index in [0.717, 1.165) is 22.3 Å². The Morgan fingerprint density at radius 1 is 1.20 bits per heavy atom. The Morgan fingerprint density at radius 3 is 2.73 bits per heavy atom. The molecule has 0 spiro atoms. The van der Waals surface area contributed by atoms with Gasteiger partial charge in [0.25, 0.3) is 0 Å². The van der Waals surface area contributed by atoms with Gasteiger partial charge >= 0.3 is 0 Å². The highest BCUT2D eigenvalue weighted by Crippen LogP contribution is 2.27. The lowest BCUT2D eigenvalue weighted by molar-refractivity contribution is 0.420. The molecule has 4 aromatic rings. The molecular weight excluding hydrogens is 396 g/mol. The van der Waals surface area contributed by atoms with Crippen molar-refractivity contribution in [2.45, 2.75) is 19.0 Å². The van der Waals surface area contributed by atoms with Crippen molar-refractivity contribution < 1.29 is 5.11 Å². The van der Waals surface area contributed by atoms with Crippen molar-refractivity contribution in [1.82, 2.24) is 24.3 Å². The fourth-order valence-electron chi connectivity index (χ4n) is 3.38. The van der Waals surface area contributed by atoms with Crippen LogP contribution in [0.2, 0.25) is 0 Å². The minimum atomic E-state index is -0.0453. The van der Waals surface area contributed by atoms with Crippen LogP contribution in [-0.2, 0) is 7.05 Å². The zero-order chi connectivity index (χ0) is 21.3. The van der Waals surface area contributed by atoms with E-state index in [2.05, 4.69) is 27.3 Å². The van der Waals surface area contributed by atoms with Gasteiger partial charge in [0.05, 0.1) is 22.5 Å². The Bertz CT molecular complexity index is 1310. The molecule has 0 radical (unpaired) electrons. The topological polar surface area (TPSA) is 92.5 Å². The minimum absolute atomic E-state index is 0.0453. The van der Waals surface area contributed by atoms with Gasteiger partial charge in [-0.05, 0) is 37.6 Å². The summed E-state index contributed by atoms with van der Waals surface area (Å²) >= 11 is 1.31. The Kier molecular flexibility index (Phi) is 5.29. The monoisotopic (exact) mass is 416 g/mol. The fourth-order valence-corrected chi connectivity index (χ4v) is 4.18. The van der Waals surface area contributed by atoms with Crippen LogP contribution in [0.3, 0.4) is 0 Å². The molecule has 0 saturated carbocycles. The molecule has 30 heavy (non-hydrogen) atoms. The Hall–Kier alpha value is -3.57. The molecule has 8 heteroatoms. The van der Waals surface area contributed by atoms with E-state index in [0.29, 0.717) is 11.0 Å². The highest BCUT2D eigenvalue weighted by molar-refractivity contribution is 7.99. The van der Waals surface area contributed by atoms with Crippen LogP contribution in [0, 0.1) is 25.2 Å². The highest BCUT2D eigenvalue weighted by Gasteiger charge is 2.18. The van der Waals surface area contributed by atoms with Crippen molar-refractivity contribution in [3.63, 3.8) is 0 Å². The molecule has 2 heterocycles. The van der Waals surface area contributed by atoms with Crippen molar-refractivity contribution in [1.29, 1.82) is 5.26 Å². The van der Waals surface area contributed by atoms with Crippen LogP contribution in [0.25, 0.3) is 22.3 Å². The molecule has 0 aliphatic heterocycles. The number of aliphatic hydroxyl groups is 1. The van der Waals surface area contributed by atoms with E-state index in [1.54, 1.807) is 6.33 Å². The van der Waals surface area contributed by atoms with Gasteiger partial charge in [-0.25, -0.2) is 4.98 Å². The standard InChI is InChI=1S/C22H20N6OS/c1-14-8-9-18(15(2)10-14)28-13-24-26-22(28)30-12-20(29)16(11-23)21-25-17-6-4-5-7-19(17)27(21)3/h4-10,13,29H,12H2,1-3H3/b20-16-. The molecule has 0 saturated heterocycles. The van der Waals surface area contributed by atoms with Gasteiger partial charge in [0.15, 0.2) is 11.0 Å². The van der Waals surface area contributed by atoms with Gasteiger partial charge in [0, 0.05) is 7.05 Å². The van der Waals surface area contributed by atoms with E-state index < -0.39 is 0 Å². The molecule has 0 unspecified atom stereocenters. The average Bonchev–Trinajstić information content (AvgIpc) is 3.32. The minimum Gasteiger partial charge on any atom is -0.510 e. The quantitative estimate of drug-likeness (QED) is 0.295. The summed E-state index contributed by atoms with van der Waals surface area (Å²) in [6.07, 6.45) is 1.65. The third-order valence-corrected chi connectivity index (χ3v) is 5.83. The van der Waals surface area contributed by atoms with Crippen LogP contribution in [-0.4, -0.2) is 35.2 Å². The second-order valence-corrected chi connectivity index (χ2v) is 7.92. The summed E-state index contributed by atoms with van der Waals surface area (Å²) in [5, 5.41) is 29.2. The number of aromatic nitrogens is 5. The summed E-state index contributed by atoms with van der Waals surface area (Å²) in [4.78, 5) is 4.51. The Labute approximate surface area is 178 Å². The number of para-hydroxylation sites is 2. The van der Waals surface area contributed by atoms with Crippen LogP contribution in [0.15, 0.2) is 59.7 Å². The van der Waals surface area contributed by atoms with E-state index in [4.69, 9.17) is 0 Å². The maximum absolute atomic E-state index is 10.7. The maximum Gasteiger partial charge on any atom is 0.196 e. The van der Waals surface area contributed by atoms with E-state index >= 15 is 0 Å². The van der Waals surface area contributed by atoms with Gasteiger partial charge < -0.3 is 9.67 Å². The molecule has 0 atom stereocenters. The molecule has 0 amide bonds. The third kappa shape index (κ3) is 3.55. The number of aryl methyl sites for hydroxylation is 3. The number of hydrogen-bond acceptors (Lipinski definition) is 6. The molecule has 2 aromatic carbocycles. The predicted molar refractivity (Wildman–Crippen MR) is 117 cm³/mol. The predicted octanol–water partition coefficient (Wildman–Crippen LogP) is 4.36. The van der Waals surface area contributed by atoms with Crippen molar-refractivity contribution in [2.24, 2.45) is 7.05 Å². The number of imidazole rings is 1. The zero-order valence-electron chi connectivity index (χ0n) is 16.9. The van der Waals surface area contributed by atoms with Crippen molar-refractivity contribution in [2.75, 3.05) is 5.75 Å². The van der Waals surface area contributed by atoms with Crippen LogP contribution < -0.4 is 0 Å². The molecule has 4 rings (SSSR count). The lowest BCUT2D eigenvalue weighted by atomic mass is 10.1. The third-order valence-electron chi connectivity index (χ3n) is 4.88. The molecule has 0 aliphatic rings. The van der Waals surface area contributed by atoms with Gasteiger partial charge in [-0.1, -0.05) is 41.6 Å². The summed E-state index contributed by atoms with van der Waals surface area (Å²) in [7, 11) is 1.83. The van der Waals surface area contributed by atoms with E-state index in [-0.39, 0.29) is 17.1 Å². The number of aliphatic hydroxyl groups excluding tert-OH is 1. The van der Waals surface area contributed by atoms with Gasteiger partial charge in [-0.3, -0.25) is 4.57 Å². The SMILES string of the molecule is Cc1ccc(-n2cnnc2SC/C(O)=C(\C#N)c2nc3ccccc3n2C)c(C)c1. The lowest BCUT2D eigenvalue weighted by Gasteiger charge is -2.10. The first-order valence-corrected chi connectivity index (χ1v) is 10.3. The van der Waals surface area contributed by atoms with E-state index in [1.807, 2.05) is 66.4 Å². The van der Waals surface area contributed by atoms with Crippen molar-refractivity contribution >= 4 is 28.4 Å². The molecule has 0 bridgehead atoms. The number of nitrogens with zero attached hydrogens (tertiary/aromatic N) is 6. The summed E-state index contributed by atoms with van der Waals surface area (Å²) in [6.45, 7) is 4.08. The van der Waals surface area contributed by atoms with E-state index in [1.165, 1.54) is 17.3 Å². The Balaban J connectivity index is 1.63. The largest absolute Gasteiger partial charge is 0.510 e. The number of allylic oxidation sites excluding steroid dienone is 1. The summed E-state index contributed by atoms with van der Waals surface area (Å²) < 4.78 is 3.70. The molecule has 0 aliphatic carbocycles. The summed E-state index contributed by atoms with van der Waals surface area (Å²) in [5.41, 5.74) is 5.09. The lowest BCUT2D eigenvalue weighted by Crippen LogP contribution is -2.02. The first kappa shape index (κ1) is 19.7. The maximum atomic E-state index is 10.7. The first-order chi connectivity index (χ1) is 14.5.